The molecule has 4 rings (SSSR count). The van der Waals surface area contributed by atoms with Crippen molar-refractivity contribution < 1.29 is 27.5 Å². The average Bonchev–Trinajstić information content (AvgIpc) is 3.02. The molecule has 144 valence electrons. The number of esters is 1. The van der Waals surface area contributed by atoms with Crippen molar-refractivity contribution in [1.29, 1.82) is 0 Å². The van der Waals surface area contributed by atoms with Gasteiger partial charge in [0.05, 0.1) is 16.8 Å². The number of ether oxygens (including phenoxy) is 1. The Morgan fingerprint density at radius 1 is 1.07 bits per heavy atom. The molecule has 0 spiro atoms. The molecule has 0 fully saturated rings. The number of aryl methyl sites for hydroxylation is 1. The minimum absolute atomic E-state index is 0.0188. The van der Waals surface area contributed by atoms with Gasteiger partial charge in [-0.3, -0.25) is 9.69 Å². The van der Waals surface area contributed by atoms with Crippen LogP contribution in [0, 0.1) is 6.92 Å². The van der Waals surface area contributed by atoms with E-state index in [1.165, 1.54) is 17.0 Å². The topological polar surface area (TPSA) is 46.6 Å². The van der Waals surface area contributed by atoms with E-state index in [1.807, 2.05) is 31.2 Å². The fraction of sp³-hybridized carbons (Fsp3) is 0.238. The van der Waals surface area contributed by atoms with E-state index in [1.54, 1.807) is 0 Å². The van der Waals surface area contributed by atoms with Gasteiger partial charge in [-0.25, -0.2) is 4.79 Å². The molecular formula is C21H16F3NO3. The van der Waals surface area contributed by atoms with Crippen LogP contribution in [0.5, 0.6) is 0 Å². The molecule has 7 heteroatoms. The highest BCUT2D eigenvalue weighted by Gasteiger charge is 2.43. The van der Waals surface area contributed by atoms with Gasteiger partial charge in [0, 0.05) is 18.0 Å². The fourth-order valence-electron chi connectivity index (χ4n) is 3.82. The Morgan fingerprint density at radius 3 is 2.54 bits per heavy atom. The van der Waals surface area contributed by atoms with Gasteiger partial charge in [0.2, 0.25) is 5.91 Å². The SMILES string of the molecule is Cc1ccccc1C1CC(=O)N(c2cccc(C(F)(F)F)c2)C2=C1C(=O)OC2. The Morgan fingerprint density at radius 2 is 1.82 bits per heavy atom. The summed E-state index contributed by atoms with van der Waals surface area (Å²) in [5.74, 6) is -1.38. The zero-order valence-electron chi connectivity index (χ0n) is 14.9. The molecule has 0 aromatic heterocycles. The molecule has 2 aliphatic heterocycles. The Hall–Kier alpha value is -3.09. The third-order valence-electron chi connectivity index (χ3n) is 5.11. The molecule has 0 saturated heterocycles. The maximum Gasteiger partial charge on any atom is 0.416 e. The minimum atomic E-state index is -4.53. The third-order valence-corrected chi connectivity index (χ3v) is 5.11. The molecule has 2 heterocycles. The largest absolute Gasteiger partial charge is 0.456 e. The number of carbonyl (C=O) groups is 2. The monoisotopic (exact) mass is 387 g/mol. The second kappa shape index (κ2) is 6.51. The molecule has 2 aromatic carbocycles. The Bertz CT molecular complexity index is 1010. The third kappa shape index (κ3) is 2.96. The van der Waals surface area contributed by atoms with Crippen molar-refractivity contribution in [2.24, 2.45) is 0 Å². The van der Waals surface area contributed by atoms with Crippen LogP contribution in [0.3, 0.4) is 0 Å². The van der Waals surface area contributed by atoms with Gasteiger partial charge in [-0.2, -0.15) is 13.2 Å². The number of hydrogen-bond donors (Lipinski definition) is 0. The zero-order chi connectivity index (χ0) is 20.1. The highest BCUT2D eigenvalue weighted by atomic mass is 19.4. The van der Waals surface area contributed by atoms with Gasteiger partial charge in [-0.15, -0.1) is 0 Å². The second-order valence-electron chi connectivity index (χ2n) is 6.83. The van der Waals surface area contributed by atoms with Crippen LogP contribution in [0.25, 0.3) is 0 Å². The van der Waals surface area contributed by atoms with Crippen LogP contribution in [-0.2, 0) is 20.5 Å². The van der Waals surface area contributed by atoms with Gasteiger partial charge < -0.3 is 4.74 Å². The lowest BCUT2D eigenvalue weighted by atomic mass is 9.82. The number of nitrogens with zero attached hydrogens (tertiary/aromatic N) is 1. The summed E-state index contributed by atoms with van der Waals surface area (Å²) >= 11 is 0. The number of benzene rings is 2. The van der Waals surface area contributed by atoms with Crippen LogP contribution in [0.1, 0.15) is 29.0 Å². The molecular weight excluding hydrogens is 371 g/mol. The number of carbonyl (C=O) groups excluding carboxylic acids is 2. The predicted octanol–water partition coefficient (Wildman–Crippen LogP) is 4.35. The summed E-state index contributed by atoms with van der Waals surface area (Å²) in [7, 11) is 0. The molecule has 2 aromatic rings. The van der Waals surface area contributed by atoms with E-state index in [0.717, 1.165) is 23.3 Å². The molecule has 1 amide bonds. The van der Waals surface area contributed by atoms with Crippen molar-refractivity contribution >= 4 is 17.6 Å². The van der Waals surface area contributed by atoms with Crippen LogP contribution >= 0.6 is 0 Å². The number of alkyl halides is 3. The zero-order valence-corrected chi connectivity index (χ0v) is 14.9. The van der Waals surface area contributed by atoms with Crippen molar-refractivity contribution in [3.63, 3.8) is 0 Å². The average molecular weight is 387 g/mol. The number of rotatable bonds is 2. The minimum Gasteiger partial charge on any atom is -0.456 e. The molecule has 1 unspecified atom stereocenters. The lowest BCUT2D eigenvalue weighted by Crippen LogP contribution is -2.37. The molecule has 0 aliphatic carbocycles. The van der Waals surface area contributed by atoms with E-state index in [2.05, 4.69) is 0 Å². The van der Waals surface area contributed by atoms with E-state index >= 15 is 0 Å². The van der Waals surface area contributed by atoms with Crippen LogP contribution < -0.4 is 4.90 Å². The first kappa shape index (κ1) is 18.3. The van der Waals surface area contributed by atoms with E-state index in [9.17, 15) is 22.8 Å². The quantitative estimate of drug-likeness (QED) is 0.720. The molecule has 28 heavy (non-hydrogen) atoms. The lowest BCUT2D eigenvalue weighted by Gasteiger charge is -2.32. The van der Waals surface area contributed by atoms with Gasteiger partial charge >= 0.3 is 12.1 Å². The van der Waals surface area contributed by atoms with Gasteiger partial charge in [0.15, 0.2) is 0 Å². The maximum absolute atomic E-state index is 13.1. The number of halogens is 3. The van der Waals surface area contributed by atoms with Crippen LogP contribution in [0.2, 0.25) is 0 Å². The lowest BCUT2D eigenvalue weighted by molar-refractivity contribution is -0.138. The molecule has 0 N–H and O–H groups in total. The standard InChI is InChI=1S/C21H16F3NO3/c1-12-5-2-3-8-15(12)16-10-18(26)25(17-11-28-20(27)19(16)17)14-7-4-6-13(9-14)21(22,23)24/h2-9,16H,10-11H2,1H3. The molecule has 4 nitrogen and oxygen atoms in total. The van der Waals surface area contributed by atoms with Gasteiger partial charge in [-0.1, -0.05) is 30.3 Å². The number of hydrogen-bond acceptors (Lipinski definition) is 3. The van der Waals surface area contributed by atoms with E-state index in [4.69, 9.17) is 4.74 Å². The summed E-state index contributed by atoms with van der Waals surface area (Å²) in [6.45, 7) is 1.75. The normalized spacial score (nSPS) is 19.7. The molecule has 0 radical (unpaired) electrons. The van der Waals surface area contributed by atoms with Gasteiger partial charge in [0.1, 0.15) is 6.61 Å². The maximum atomic E-state index is 13.1. The van der Waals surface area contributed by atoms with E-state index in [0.29, 0.717) is 11.3 Å². The van der Waals surface area contributed by atoms with E-state index in [-0.39, 0.29) is 24.6 Å². The summed E-state index contributed by atoms with van der Waals surface area (Å²) in [6, 6.07) is 12.0. The van der Waals surface area contributed by atoms with Crippen LogP contribution in [0.15, 0.2) is 59.8 Å². The Labute approximate surface area is 159 Å². The Kier molecular flexibility index (Phi) is 4.25. The van der Waals surface area contributed by atoms with Crippen molar-refractivity contribution in [2.45, 2.75) is 25.4 Å². The number of amides is 1. The predicted molar refractivity (Wildman–Crippen MR) is 95.5 cm³/mol. The molecule has 1 atom stereocenters. The number of cyclic esters (lactones) is 1. The van der Waals surface area contributed by atoms with Crippen molar-refractivity contribution in [3.05, 3.63) is 76.5 Å². The fourth-order valence-corrected chi connectivity index (χ4v) is 3.82. The summed E-state index contributed by atoms with van der Waals surface area (Å²) in [5.41, 5.74) is 1.64. The smallest absolute Gasteiger partial charge is 0.416 e. The molecule has 0 bridgehead atoms. The van der Waals surface area contributed by atoms with Crippen LogP contribution in [0.4, 0.5) is 18.9 Å². The highest BCUT2D eigenvalue weighted by Crippen LogP contribution is 2.43. The summed E-state index contributed by atoms with van der Waals surface area (Å²) in [4.78, 5) is 26.5. The summed E-state index contributed by atoms with van der Waals surface area (Å²) in [5, 5.41) is 0. The van der Waals surface area contributed by atoms with Crippen molar-refractivity contribution in [2.75, 3.05) is 11.5 Å². The van der Waals surface area contributed by atoms with Crippen molar-refractivity contribution in [3.8, 4) is 0 Å². The molecule has 0 saturated carbocycles. The first-order valence-electron chi connectivity index (χ1n) is 8.73. The van der Waals surface area contributed by atoms with Gasteiger partial charge in [0.25, 0.3) is 0 Å². The second-order valence-corrected chi connectivity index (χ2v) is 6.83. The number of anilines is 1. The first-order valence-corrected chi connectivity index (χ1v) is 8.73. The van der Waals surface area contributed by atoms with E-state index < -0.39 is 23.6 Å². The molecule has 2 aliphatic rings. The van der Waals surface area contributed by atoms with Crippen LogP contribution in [-0.4, -0.2) is 18.5 Å². The summed E-state index contributed by atoms with van der Waals surface area (Å²) in [6.07, 6.45) is -4.55. The highest BCUT2D eigenvalue weighted by molar-refractivity contribution is 6.06. The van der Waals surface area contributed by atoms with Gasteiger partial charge in [-0.05, 0) is 36.2 Å². The Balaban J connectivity index is 1.84. The van der Waals surface area contributed by atoms with Crippen molar-refractivity contribution in [1.82, 2.24) is 0 Å². The summed E-state index contributed by atoms with van der Waals surface area (Å²) < 4.78 is 44.4. The first-order chi connectivity index (χ1) is 13.3.